The molecule has 2 aliphatic heterocycles. The molecule has 0 saturated carbocycles. The van der Waals surface area contributed by atoms with Crippen molar-refractivity contribution in [2.45, 2.75) is 162 Å². The fraction of sp³-hybridized carbons (Fsp3) is 0.330. The van der Waals surface area contributed by atoms with Crippen LogP contribution in [0.15, 0.2) is 144 Å². The maximum Gasteiger partial charge on any atom is 1.00 e. The van der Waals surface area contributed by atoms with Gasteiger partial charge in [0.15, 0.2) is 5.71 Å². The smallest absolute Gasteiger partial charge is 0.748 e. The second-order valence-electron chi connectivity index (χ2n) is 25.0. The second kappa shape index (κ2) is 41.9. The Hall–Kier alpha value is -10.2. The van der Waals surface area contributed by atoms with Gasteiger partial charge in [-0.1, -0.05) is 147 Å². The van der Waals surface area contributed by atoms with Crippen molar-refractivity contribution in [1.82, 2.24) is 0 Å². The minimum Gasteiger partial charge on any atom is -0.748 e. The number of unbranched alkanes of at least 4 members (excludes halogenated alkanes) is 9. The Morgan fingerprint density at radius 2 is 1.03 bits per heavy atom. The molecule has 8 rings (SSSR count). The summed E-state index contributed by atoms with van der Waals surface area (Å²) in [6.45, 7) is 20.0. The molecule has 0 bridgehead atoms. The monoisotopic (exact) mass is 1340 g/mol. The van der Waals surface area contributed by atoms with E-state index in [1.807, 2.05) is 0 Å². The van der Waals surface area contributed by atoms with E-state index in [0.29, 0.717) is 19.4 Å². The largest absolute Gasteiger partial charge is 1.00 e. The topological polar surface area (TPSA) is 75.9 Å². The number of nitrogens with zero attached hydrogens (tertiary/aromatic N) is 3. The quantitative estimate of drug-likeness (QED) is 0.0191. The molecular formula is C91H85N3NaO4S+. The van der Waals surface area contributed by atoms with E-state index in [2.05, 4.69) is 326 Å². The van der Waals surface area contributed by atoms with Crippen LogP contribution in [-0.2, 0) is 20.9 Å². The Labute approximate surface area is 621 Å². The molecule has 9 heteroatoms. The molecule has 0 aromatic heterocycles. The zero-order chi connectivity index (χ0) is 70.6. The van der Waals surface area contributed by atoms with Gasteiger partial charge in [0.2, 0.25) is 5.69 Å². The van der Waals surface area contributed by atoms with Gasteiger partial charge < -0.3 is 19.1 Å². The van der Waals surface area contributed by atoms with Gasteiger partial charge in [-0.25, -0.2) is 8.42 Å². The molecule has 0 saturated heterocycles. The zero-order valence-corrected chi connectivity index (χ0v) is 62.3. The maximum atomic E-state index is 11.7. The fourth-order valence-corrected chi connectivity index (χ4v) is 13.3. The summed E-state index contributed by atoms with van der Waals surface area (Å²) in [6.07, 6.45) is 36.3. The second-order valence-corrected chi connectivity index (χ2v) is 26.5. The van der Waals surface area contributed by atoms with Crippen molar-refractivity contribution in [2.24, 2.45) is 0 Å². The number of ether oxygens (including phenoxy) is 1. The van der Waals surface area contributed by atoms with Crippen LogP contribution in [0.1, 0.15) is 162 Å². The molecule has 7 nitrogen and oxygen atoms in total. The Morgan fingerprint density at radius 3 is 1.54 bits per heavy atom. The fourth-order valence-electron chi connectivity index (χ4n) is 12.7. The van der Waals surface area contributed by atoms with Crippen molar-refractivity contribution in [3.63, 3.8) is 0 Å². The molecular weight excluding hydrogens is 1250 g/mol. The summed E-state index contributed by atoms with van der Waals surface area (Å²) in [4.78, 5) is 5.18. The summed E-state index contributed by atoms with van der Waals surface area (Å²) in [5.74, 6) is 59.6. The number of allylic oxidation sites excluding steroid dienone is 7. The van der Waals surface area contributed by atoms with Crippen LogP contribution in [0.2, 0.25) is 0 Å². The first-order valence-electron chi connectivity index (χ1n) is 34.4. The predicted octanol–water partition coefficient (Wildman–Crippen LogP) is 13.8. The van der Waals surface area contributed by atoms with E-state index in [1.54, 1.807) is 0 Å². The Morgan fingerprint density at radius 1 is 0.540 bits per heavy atom. The zero-order valence-electron chi connectivity index (χ0n) is 59.4. The Kier molecular flexibility index (Phi) is 33.1. The third-order valence-electron chi connectivity index (χ3n) is 17.3. The predicted molar refractivity (Wildman–Crippen MR) is 411 cm³/mol. The number of hydrogen-bond donors (Lipinski definition) is 0. The molecule has 0 fully saturated rings. The van der Waals surface area contributed by atoms with Crippen molar-refractivity contribution in [3.8, 4) is 161 Å². The van der Waals surface area contributed by atoms with Gasteiger partial charge in [-0.15, -0.1) is 12.8 Å². The molecule has 494 valence electrons. The summed E-state index contributed by atoms with van der Waals surface area (Å²) in [6, 6.07) is 35.4. The van der Waals surface area contributed by atoms with Gasteiger partial charge in [0.05, 0.1) is 15.5 Å². The molecule has 0 spiro atoms. The minimum atomic E-state index is -4.30. The number of hydrogen-bond acceptors (Lipinski definition) is 6. The average Bonchev–Trinajstić information content (AvgIpc) is 1.58. The molecule has 0 atom stereocenters. The first-order chi connectivity index (χ1) is 48.2. The first kappa shape index (κ1) is 78.8. The molecule has 5 aromatic carbocycles. The van der Waals surface area contributed by atoms with E-state index in [4.69, 9.17) is 17.6 Å². The summed E-state index contributed by atoms with van der Waals surface area (Å²) in [5, 5.41) is 5.02. The summed E-state index contributed by atoms with van der Waals surface area (Å²) in [5.41, 5.74) is 10.6. The van der Waals surface area contributed by atoms with Gasteiger partial charge in [0.1, 0.15) is 18.1 Å². The van der Waals surface area contributed by atoms with E-state index in [1.165, 1.54) is 120 Å². The number of fused-ring (bicyclic) bond motifs is 6. The molecule has 1 aliphatic carbocycles. The molecule has 0 radical (unpaired) electrons. The number of terminal acetylenes is 2. The van der Waals surface area contributed by atoms with Crippen LogP contribution in [-0.4, -0.2) is 55.2 Å². The van der Waals surface area contributed by atoms with E-state index in [-0.39, 0.29) is 46.1 Å². The van der Waals surface area contributed by atoms with Crippen LogP contribution in [0.4, 0.5) is 17.1 Å². The van der Waals surface area contributed by atoms with Crippen LogP contribution >= 0.6 is 0 Å². The first-order valence-corrected chi connectivity index (χ1v) is 35.9. The van der Waals surface area contributed by atoms with Gasteiger partial charge in [-0.3, -0.25) is 0 Å². The van der Waals surface area contributed by atoms with Gasteiger partial charge in [0, 0.05) is 119 Å². The average molecular weight is 1340 g/mol. The van der Waals surface area contributed by atoms with Gasteiger partial charge >= 0.3 is 29.6 Å². The standard InChI is InChI=1S/C65H83N3O4S.C26H2.Na/c1-8-11-14-21-44-66(45-22-15-12-9-2)53-36-38-54(39-37-53)72-63-51(34-42-59-64(4,5)61-55-30-18-16-26-49(55)32-40-57(61)67(59)46-20-13-10-3)28-25-29-52(63)35-43-60-65(6,7)62-56-31-19-17-27-50(56)33-41-58(62)68(60)47-23-24-48-73(69,70)71;1-3-5-7-9-11-13-15-17-19-21-23-25-26-24-22-20-18-16-14-12-10-8-6-4-2;/h16-19,26-27,30-43H,8-15,20-25,28-29,44-48H2,1-7H3;1-2H;/q;;+1. The number of benzene rings is 5. The maximum absolute atomic E-state index is 11.7. The minimum absolute atomic E-state index is 0. The summed E-state index contributed by atoms with van der Waals surface area (Å²) < 4.78 is 44.6. The summed E-state index contributed by atoms with van der Waals surface area (Å²) in [7, 11) is -4.30. The molecule has 0 amide bonds. The van der Waals surface area contributed by atoms with Crippen molar-refractivity contribution in [1.29, 1.82) is 0 Å². The SMILES string of the molecule is C#CC#CC#CC#CC#CC#CC#CC#CC#CC#CC#CC#CC#C.CCCCCCN(CCCCCC)c1ccc(OC2=C(/C=C/C3=[N+](CCCCS(=O)(=O)[O-])c4ccc5ccccc5c4C3(C)C)CCC/C2=C\C=C2\N(CCCCC)c3ccc4ccccc4c3C2(C)C)cc1.[Na+]. The normalized spacial score (nSPS) is 13.8. The molecule has 0 unspecified atom stereocenters. The van der Waals surface area contributed by atoms with Crippen molar-refractivity contribution < 1.29 is 51.8 Å². The number of rotatable bonds is 25. The molecule has 3 aliphatic rings. The third-order valence-corrected chi connectivity index (χ3v) is 18.1. The van der Waals surface area contributed by atoms with Crippen LogP contribution in [0.25, 0.3) is 21.5 Å². The Balaban J connectivity index is 0.000000495. The third kappa shape index (κ3) is 23.5. The molecule has 0 N–H and O–H groups in total. The van der Waals surface area contributed by atoms with Gasteiger partial charge in [0.25, 0.3) is 0 Å². The Bertz CT molecular complexity index is 4800. The van der Waals surface area contributed by atoms with E-state index >= 15 is 0 Å². The van der Waals surface area contributed by atoms with Gasteiger partial charge in [-0.2, -0.15) is 4.58 Å². The van der Waals surface area contributed by atoms with Crippen molar-refractivity contribution >= 4 is 54.4 Å². The van der Waals surface area contributed by atoms with Crippen LogP contribution < -0.4 is 44.1 Å². The van der Waals surface area contributed by atoms with Crippen LogP contribution in [0.3, 0.4) is 0 Å². The van der Waals surface area contributed by atoms with E-state index < -0.39 is 10.1 Å². The van der Waals surface area contributed by atoms with Crippen molar-refractivity contribution in [2.75, 3.05) is 41.7 Å². The number of anilines is 2. The molecule has 2 heterocycles. The molecule has 100 heavy (non-hydrogen) atoms. The molecule has 5 aromatic rings. The van der Waals surface area contributed by atoms with E-state index in [9.17, 15) is 13.0 Å². The van der Waals surface area contributed by atoms with Crippen LogP contribution in [0, 0.1) is 155 Å². The van der Waals surface area contributed by atoms with Crippen molar-refractivity contribution in [3.05, 3.63) is 155 Å². The summed E-state index contributed by atoms with van der Waals surface area (Å²) >= 11 is 0. The van der Waals surface area contributed by atoms with E-state index in [0.717, 1.165) is 73.8 Å². The van der Waals surface area contributed by atoms with Crippen LogP contribution in [0.5, 0.6) is 5.75 Å². The van der Waals surface area contributed by atoms with Gasteiger partial charge in [-0.05, 0) is 240 Å².